The highest BCUT2D eigenvalue weighted by atomic mass is 79.9. The second-order valence-corrected chi connectivity index (χ2v) is 5.54. The smallest absolute Gasteiger partial charge is 0.137 e. The molecule has 0 aliphatic carbocycles. The third-order valence-electron chi connectivity index (χ3n) is 3.25. The van der Waals surface area contributed by atoms with Gasteiger partial charge in [0, 0.05) is 4.47 Å². The lowest BCUT2D eigenvalue weighted by molar-refractivity contribution is -0.946. The zero-order valence-electron chi connectivity index (χ0n) is 10.3. The van der Waals surface area contributed by atoms with Gasteiger partial charge in [-0.25, -0.2) is 0 Å². The van der Waals surface area contributed by atoms with Crippen LogP contribution in [-0.4, -0.2) is 39.3 Å². The Morgan fingerprint density at radius 3 is 2.82 bits per heavy atom. The van der Waals surface area contributed by atoms with Crippen LogP contribution in [0.25, 0.3) is 0 Å². The molecule has 1 aliphatic rings. The number of ether oxygens (including phenoxy) is 1. The van der Waals surface area contributed by atoms with E-state index >= 15 is 0 Å². The van der Waals surface area contributed by atoms with Crippen LogP contribution in [-0.2, 0) is 0 Å². The van der Waals surface area contributed by atoms with E-state index in [4.69, 9.17) is 4.74 Å². The molecule has 1 fully saturated rings. The van der Waals surface area contributed by atoms with Gasteiger partial charge in [-0.2, -0.15) is 0 Å². The van der Waals surface area contributed by atoms with E-state index in [1.807, 2.05) is 12.1 Å². The van der Waals surface area contributed by atoms with Crippen LogP contribution in [0, 0.1) is 6.92 Å². The minimum absolute atomic E-state index is 0.817. The van der Waals surface area contributed by atoms with Gasteiger partial charge in [0.05, 0.1) is 0 Å². The predicted octanol–water partition coefficient (Wildman–Crippen LogP) is -0.402. The third-order valence-corrected chi connectivity index (χ3v) is 3.75. The van der Waals surface area contributed by atoms with Crippen molar-refractivity contribution in [3.63, 3.8) is 0 Å². The van der Waals surface area contributed by atoms with Crippen molar-refractivity contribution in [2.45, 2.75) is 6.92 Å². The van der Waals surface area contributed by atoms with Crippen molar-refractivity contribution in [1.82, 2.24) is 0 Å². The van der Waals surface area contributed by atoms with Gasteiger partial charge < -0.3 is 15.0 Å². The van der Waals surface area contributed by atoms with Crippen molar-refractivity contribution < 1.29 is 15.0 Å². The van der Waals surface area contributed by atoms with Crippen LogP contribution in [0.5, 0.6) is 5.75 Å². The number of nitrogens with two attached hydrogens (primary N) is 1. The number of quaternary nitrogens is 2. The van der Waals surface area contributed by atoms with Crippen LogP contribution in [0.1, 0.15) is 5.56 Å². The third kappa shape index (κ3) is 3.98. The van der Waals surface area contributed by atoms with Crippen molar-refractivity contribution in [1.29, 1.82) is 0 Å². The fourth-order valence-electron chi connectivity index (χ4n) is 2.21. The van der Waals surface area contributed by atoms with Crippen molar-refractivity contribution in [3.8, 4) is 5.75 Å². The number of benzene rings is 1. The Kier molecular flexibility index (Phi) is 4.83. The Labute approximate surface area is 111 Å². The molecule has 1 aromatic rings. The summed E-state index contributed by atoms with van der Waals surface area (Å²) in [4.78, 5) is 1.67. The molecule has 1 saturated heterocycles. The van der Waals surface area contributed by atoms with Crippen LogP contribution in [0.15, 0.2) is 22.7 Å². The zero-order chi connectivity index (χ0) is 12.1. The molecular formula is C13H21BrN2O+2. The Bertz CT molecular complexity index is 364. The second-order valence-electron chi connectivity index (χ2n) is 4.62. The van der Waals surface area contributed by atoms with Gasteiger partial charge in [0.25, 0.3) is 0 Å². The highest BCUT2D eigenvalue weighted by Gasteiger charge is 2.14. The summed E-state index contributed by atoms with van der Waals surface area (Å²) in [5.74, 6) is 1.01. The van der Waals surface area contributed by atoms with Crippen LogP contribution in [0.2, 0.25) is 0 Å². The minimum Gasteiger partial charge on any atom is -0.487 e. The summed E-state index contributed by atoms with van der Waals surface area (Å²) in [5, 5.41) is 2.39. The summed E-state index contributed by atoms with van der Waals surface area (Å²) >= 11 is 3.46. The standard InChI is InChI=1S/C13H19BrN2O/c1-11-10-12(14)2-3-13(11)17-9-8-16-6-4-15-5-7-16/h2-3,10,15H,4-9H2,1H3/p+2. The van der Waals surface area contributed by atoms with Crippen molar-refractivity contribution in [3.05, 3.63) is 28.2 Å². The van der Waals surface area contributed by atoms with Gasteiger partial charge in [-0.3, -0.25) is 0 Å². The maximum absolute atomic E-state index is 5.84. The molecule has 0 aromatic heterocycles. The van der Waals surface area contributed by atoms with E-state index in [0.717, 1.165) is 23.4 Å². The van der Waals surface area contributed by atoms with Crippen molar-refractivity contribution >= 4 is 15.9 Å². The first-order valence-corrected chi connectivity index (χ1v) is 7.09. The maximum atomic E-state index is 5.84. The van der Waals surface area contributed by atoms with Crippen molar-refractivity contribution in [2.24, 2.45) is 0 Å². The number of aryl methyl sites for hydroxylation is 1. The zero-order valence-corrected chi connectivity index (χ0v) is 11.9. The summed E-state index contributed by atoms with van der Waals surface area (Å²) in [6.07, 6.45) is 0. The second kappa shape index (κ2) is 6.38. The number of halogens is 1. The molecule has 0 atom stereocenters. The monoisotopic (exact) mass is 300 g/mol. The molecule has 3 N–H and O–H groups in total. The molecule has 0 radical (unpaired) electrons. The first kappa shape index (κ1) is 12.9. The Hall–Kier alpha value is -0.580. The molecule has 0 saturated carbocycles. The number of nitrogens with one attached hydrogen (secondary N) is 1. The molecule has 1 aliphatic heterocycles. The topological polar surface area (TPSA) is 30.3 Å². The summed E-state index contributed by atoms with van der Waals surface area (Å²) in [7, 11) is 0. The average Bonchev–Trinajstić information content (AvgIpc) is 2.33. The van der Waals surface area contributed by atoms with E-state index < -0.39 is 0 Å². The van der Waals surface area contributed by atoms with E-state index in [-0.39, 0.29) is 0 Å². The lowest BCUT2D eigenvalue weighted by Crippen LogP contribution is -3.20. The fourth-order valence-corrected chi connectivity index (χ4v) is 2.69. The van der Waals surface area contributed by atoms with Crippen LogP contribution >= 0.6 is 15.9 Å². The van der Waals surface area contributed by atoms with Crippen LogP contribution < -0.4 is 15.0 Å². The molecule has 0 amide bonds. The number of hydrogen-bond donors (Lipinski definition) is 2. The first-order valence-electron chi connectivity index (χ1n) is 6.30. The van der Waals surface area contributed by atoms with E-state index in [0.29, 0.717) is 0 Å². The summed E-state index contributed by atoms with van der Waals surface area (Å²) < 4.78 is 6.95. The number of piperazine rings is 1. The fraction of sp³-hybridized carbons (Fsp3) is 0.538. The summed E-state index contributed by atoms with van der Waals surface area (Å²) in [6, 6.07) is 6.17. The highest BCUT2D eigenvalue weighted by Crippen LogP contribution is 2.21. The Balaban J connectivity index is 1.77. The van der Waals surface area contributed by atoms with Gasteiger partial charge in [-0.05, 0) is 30.7 Å². The maximum Gasteiger partial charge on any atom is 0.137 e. The SMILES string of the molecule is Cc1cc(Br)ccc1OCC[NH+]1CC[NH2+]CC1. The van der Waals surface area contributed by atoms with Gasteiger partial charge in [0.1, 0.15) is 45.1 Å². The number of hydrogen-bond acceptors (Lipinski definition) is 1. The van der Waals surface area contributed by atoms with Gasteiger partial charge in [-0.15, -0.1) is 0 Å². The minimum atomic E-state index is 0.817. The molecule has 0 unspecified atom stereocenters. The van der Waals surface area contributed by atoms with E-state index in [1.165, 1.54) is 31.7 Å². The van der Waals surface area contributed by atoms with E-state index in [9.17, 15) is 0 Å². The first-order chi connectivity index (χ1) is 8.25. The van der Waals surface area contributed by atoms with Crippen LogP contribution in [0.3, 0.4) is 0 Å². The van der Waals surface area contributed by atoms with Gasteiger partial charge >= 0.3 is 0 Å². The summed E-state index contributed by atoms with van der Waals surface area (Å²) in [6.45, 7) is 9.06. The highest BCUT2D eigenvalue weighted by molar-refractivity contribution is 9.10. The molecule has 0 spiro atoms. The molecular weight excluding hydrogens is 280 g/mol. The Morgan fingerprint density at radius 1 is 1.35 bits per heavy atom. The Morgan fingerprint density at radius 2 is 2.12 bits per heavy atom. The molecule has 1 heterocycles. The van der Waals surface area contributed by atoms with Gasteiger partial charge in [0.15, 0.2) is 0 Å². The summed E-state index contributed by atoms with van der Waals surface area (Å²) in [5.41, 5.74) is 1.20. The lowest BCUT2D eigenvalue weighted by Gasteiger charge is -2.22. The van der Waals surface area contributed by atoms with Gasteiger partial charge in [0.2, 0.25) is 0 Å². The average molecular weight is 301 g/mol. The quantitative estimate of drug-likeness (QED) is 0.779. The number of rotatable bonds is 4. The molecule has 17 heavy (non-hydrogen) atoms. The van der Waals surface area contributed by atoms with E-state index in [2.05, 4.69) is 34.2 Å². The lowest BCUT2D eigenvalue weighted by atomic mass is 10.2. The molecule has 0 bridgehead atoms. The van der Waals surface area contributed by atoms with Crippen LogP contribution in [0.4, 0.5) is 0 Å². The van der Waals surface area contributed by atoms with Gasteiger partial charge in [-0.1, -0.05) is 15.9 Å². The predicted molar refractivity (Wildman–Crippen MR) is 71.6 cm³/mol. The van der Waals surface area contributed by atoms with E-state index in [1.54, 1.807) is 4.90 Å². The normalized spacial score (nSPS) is 17.1. The largest absolute Gasteiger partial charge is 0.487 e. The molecule has 3 nitrogen and oxygen atoms in total. The molecule has 4 heteroatoms. The molecule has 2 rings (SSSR count). The van der Waals surface area contributed by atoms with Crippen molar-refractivity contribution in [2.75, 3.05) is 39.3 Å². The molecule has 1 aromatic carbocycles. The molecule has 94 valence electrons.